The first-order chi connectivity index (χ1) is 9.20. The van der Waals surface area contributed by atoms with Crippen LogP contribution in [0.3, 0.4) is 0 Å². The Morgan fingerprint density at radius 2 is 2.00 bits per heavy atom. The van der Waals surface area contributed by atoms with Gasteiger partial charge in [0.25, 0.3) is 0 Å². The third-order valence-corrected chi connectivity index (χ3v) is 3.77. The van der Waals surface area contributed by atoms with Gasteiger partial charge in [0.1, 0.15) is 5.82 Å². The van der Waals surface area contributed by atoms with Crippen molar-refractivity contribution in [2.45, 2.75) is 38.1 Å². The predicted octanol–water partition coefficient (Wildman–Crippen LogP) is 2.94. The van der Waals surface area contributed by atoms with Gasteiger partial charge in [-0.2, -0.15) is 0 Å². The smallest absolute Gasteiger partial charge is 0.220 e. The lowest BCUT2D eigenvalue weighted by molar-refractivity contribution is -0.122. The summed E-state index contributed by atoms with van der Waals surface area (Å²) in [6.45, 7) is 0.526. The Hall–Kier alpha value is -1.13. The molecule has 1 fully saturated rings. The van der Waals surface area contributed by atoms with E-state index in [4.69, 9.17) is 5.73 Å². The molecule has 1 unspecified atom stereocenters. The summed E-state index contributed by atoms with van der Waals surface area (Å²) in [7, 11) is 0. The summed E-state index contributed by atoms with van der Waals surface area (Å²) in [4.78, 5) is 11.9. The molecule has 0 heterocycles. The van der Waals surface area contributed by atoms with Crippen LogP contribution in [0.5, 0.6) is 0 Å². The van der Waals surface area contributed by atoms with Crippen molar-refractivity contribution in [3.63, 3.8) is 0 Å². The number of carbonyl (C=O) groups is 1. The number of carbonyl (C=O) groups excluding carboxylic acids is 1. The van der Waals surface area contributed by atoms with Gasteiger partial charge >= 0.3 is 0 Å². The SMILES string of the molecule is Cl.NCCCC(=O)NC(c1ccc(F)cc1)C1CCC1. The number of amides is 1. The van der Waals surface area contributed by atoms with E-state index < -0.39 is 0 Å². The van der Waals surface area contributed by atoms with Crippen molar-refractivity contribution in [1.82, 2.24) is 5.32 Å². The molecule has 3 N–H and O–H groups in total. The van der Waals surface area contributed by atoms with Crippen LogP contribution in [0.2, 0.25) is 0 Å². The molecule has 1 atom stereocenters. The third-order valence-electron chi connectivity index (χ3n) is 3.77. The van der Waals surface area contributed by atoms with E-state index in [9.17, 15) is 9.18 Å². The van der Waals surface area contributed by atoms with E-state index in [0.29, 0.717) is 25.3 Å². The second kappa shape index (κ2) is 8.22. The van der Waals surface area contributed by atoms with Gasteiger partial charge in [-0.25, -0.2) is 4.39 Å². The van der Waals surface area contributed by atoms with E-state index in [-0.39, 0.29) is 30.2 Å². The number of nitrogens with one attached hydrogen (secondary N) is 1. The molecule has 3 nitrogen and oxygen atoms in total. The highest BCUT2D eigenvalue weighted by atomic mass is 35.5. The van der Waals surface area contributed by atoms with Crippen molar-refractivity contribution in [2.75, 3.05) is 6.54 Å². The number of hydrogen-bond donors (Lipinski definition) is 2. The highest BCUT2D eigenvalue weighted by Gasteiger charge is 2.29. The van der Waals surface area contributed by atoms with Crippen LogP contribution in [0.1, 0.15) is 43.7 Å². The van der Waals surface area contributed by atoms with E-state index in [1.165, 1.54) is 18.6 Å². The average molecular weight is 301 g/mol. The molecular weight excluding hydrogens is 279 g/mol. The highest BCUT2D eigenvalue weighted by molar-refractivity contribution is 5.85. The maximum absolute atomic E-state index is 13.0. The Bertz CT molecular complexity index is 420. The van der Waals surface area contributed by atoms with Gasteiger partial charge in [0, 0.05) is 6.42 Å². The zero-order valence-corrected chi connectivity index (χ0v) is 12.3. The van der Waals surface area contributed by atoms with Gasteiger partial charge < -0.3 is 11.1 Å². The van der Waals surface area contributed by atoms with E-state index in [0.717, 1.165) is 18.4 Å². The molecule has 1 aliphatic carbocycles. The summed E-state index contributed by atoms with van der Waals surface area (Å²) in [5, 5.41) is 3.07. The lowest BCUT2D eigenvalue weighted by atomic mass is 9.77. The minimum absolute atomic E-state index is 0. The van der Waals surface area contributed by atoms with Gasteiger partial charge in [0.15, 0.2) is 0 Å². The number of nitrogens with two attached hydrogens (primary N) is 1. The van der Waals surface area contributed by atoms with E-state index in [1.807, 2.05) is 0 Å². The molecule has 1 aliphatic rings. The second-order valence-corrected chi connectivity index (χ2v) is 5.18. The molecule has 1 saturated carbocycles. The van der Waals surface area contributed by atoms with Crippen LogP contribution < -0.4 is 11.1 Å². The predicted molar refractivity (Wildman–Crippen MR) is 80.2 cm³/mol. The Morgan fingerprint density at radius 3 is 2.50 bits per heavy atom. The van der Waals surface area contributed by atoms with Crippen LogP contribution in [-0.2, 0) is 4.79 Å². The number of halogens is 2. The molecule has 0 bridgehead atoms. The van der Waals surface area contributed by atoms with E-state index >= 15 is 0 Å². The highest BCUT2D eigenvalue weighted by Crippen LogP contribution is 2.37. The maximum atomic E-state index is 13.0. The van der Waals surface area contributed by atoms with Crippen molar-refractivity contribution < 1.29 is 9.18 Å². The molecule has 5 heteroatoms. The van der Waals surface area contributed by atoms with Gasteiger partial charge in [0.05, 0.1) is 6.04 Å². The maximum Gasteiger partial charge on any atom is 0.220 e. The Kier molecular flexibility index (Phi) is 6.96. The van der Waals surface area contributed by atoms with Crippen LogP contribution in [0.15, 0.2) is 24.3 Å². The molecule has 0 aromatic heterocycles. The first-order valence-electron chi connectivity index (χ1n) is 6.95. The Balaban J connectivity index is 0.00000200. The topological polar surface area (TPSA) is 55.1 Å². The standard InChI is InChI=1S/C15H21FN2O.ClH/c16-13-8-6-12(7-9-13)15(11-3-1-4-11)18-14(19)5-2-10-17;/h6-9,11,15H,1-5,10,17H2,(H,18,19);1H. The monoisotopic (exact) mass is 300 g/mol. The van der Waals surface area contributed by atoms with Crippen LogP contribution in [0, 0.1) is 11.7 Å². The molecule has 20 heavy (non-hydrogen) atoms. The summed E-state index contributed by atoms with van der Waals surface area (Å²) in [6, 6.07) is 6.45. The first-order valence-corrected chi connectivity index (χ1v) is 6.95. The van der Waals surface area contributed by atoms with Crippen molar-refractivity contribution >= 4 is 18.3 Å². The van der Waals surface area contributed by atoms with Crippen molar-refractivity contribution in [3.05, 3.63) is 35.6 Å². The molecule has 1 aromatic rings. The summed E-state index contributed by atoms with van der Waals surface area (Å²) in [6.07, 6.45) is 4.62. The summed E-state index contributed by atoms with van der Waals surface area (Å²) in [5.41, 5.74) is 6.40. The van der Waals surface area contributed by atoms with Crippen molar-refractivity contribution in [2.24, 2.45) is 11.7 Å². The van der Waals surface area contributed by atoms with Crippen molar-refractivity contribution in [3.8, 4) is 0 Å². The largest absolute Gasteiger partial charge is 0.349 e. The zero-order valence-electron chi connectivity index (χ0n) is 11.5. The fraction of sp³-hybridized carbons (Fsp3) is 0.533. The van der Waals surface area contributed by atoms with Crippen LogP contribution in [-0.4, -0.2) is 12.5 Å². The molecule has 0 saturated heterocycles. The molecule has 0 aliphatic heterocycles. The second-order valence-electron chi connectivity index (χ2n) is 5.18. The fourth-order valence-corrected chi connectivity index (χ4v) is 2.42. The number of benzene rings is 1. The minimum Gasteiger partial charge on any atom is -0.349 e. The van der Waals surface area contributed by atoms with Gasteiger partial charge in [0.2, 0.25) is 5.91 Å². The molecule has 0 spiro atoms. The lowest BCUT2D eigenvalue weighted by Gasteiger charge is -2.34. The van der Waals surface area contributed by atoms with Gasteiger partial charge in [-0.3, -0.25) is 4.79 Å². The van der Waals surface area contributed by atoms with Crippen LogP contribution in [0.25, 0.3) is 0 Å². The van der Waals surface area contributed by atoms with Gasteiger partial charge in [-0.1, -0.05) is 18.6 Å². The Morgan fingerprint density at radius 1 is 1.35 bits per heavy atom. The van der Waals surface area contributed by atoms with E-state index in [2.05, 4.69) is 5.32 Å². The normalized spacial score (nSPS) is 15.9. The van der Waals surface area contributed by atoms with Gasteiger partial charge in [-0.05, 0) is 49.4 Å². The average Bonchev–Trinajstić information content (AvgIpc) is 2.34. The molecule has 0 radical (unpaired) electrons. The third kappa shape index (κ3) is 4.46. The number of hydrogen-bond acceptors (Lipinski definition) is 2. The van der Waals surface area contributed by atoms with Crippen LogP contribution in [0.4, 0.5) is 4.39 Å². The van der Waals surface area contributed by atoms with Crippen molar-refractivity contribution in [1.29, 1.82) is 0 Å². The molecule has 1 aromatic carbocycles. The molecule has 112 valence electrons. The first kappa shape index (κ1) is 16.9. The molecule has 2 rings (SSSR count). The fourth-order valence-electron chi connectivity index (χ4n) is 2.42. The quantitative estimate of drug-likeness (QED) is 0.848. The Labute approximate surface area is 125 Å². The zero-order chi connectivity index (χ0) is 13.7. The summed E-state index contributed by atoms with van der Waals surface area (Å²) >= 11 is 0. The minimum atomic E-state index is -0.245. The molecular formula is C15H22ClFN2O. The summed E-state index contributed by atoms with van der Waals surface area (Å²) < 4.78 is 13.0. The lowest BCUT2D eigenvalue weighted by Crippen LogP contribution is -2.36. The van der Waals surface area contributed by atoms with Gasteiger partial charge in [-0.15, -0.1) is 12.4 Å². The summed E-state index contributed by atoms with van der Waals surface area (Å²) in [5.74, 6) is 0.268. The van der Waals surface area contributed by atoms with E-state index in [1.54, 1.807) is 12.1 Å². The van der Waals surface area contributed by atoms with Crippen LogP contribution >= 0.6 is 12.4 Å². The molecule has 1 amide bonds. The number of rotatable bonds is 6.